The summed E-state index contributed by atoms with van der Waals surface area (Å²) in [6, 6.07) is 17.1. The molecule has 0 bridgehead atoms. The molecule has 0 aliphatic carbocycles. The molecular formula is C24H24N4O2S. The minimum absolute atomic E-state index is 0.195. The van der Waals surface area contributed by atoms with Crippen LogP contribution in [-0.2, 0) is 13.7 Å². The van der Waals surface area contributed by atoms with E-state index in [0.717, 1.165) is 22.0 Å². The zero-order valence-corrected chi connectivity index (χ0v) is 18.5. The predicted molar refractivity (Wildman–Crippen MR) is 124 cm³/mol. The number of thiazole rings is 1. The number of anilines is 1. The first kappa shape index (κ1) is 20.8. The second kappa shape index (κ2) is 9.14. The third-order valence-electron chi connectivity index (χ3n) is 4.85. The number of aromatic nitrogens is 3. The van der Waals surface area contributed by atoms with Crippen LogP contribution in [0.4, 0.5) is 5.13 Å². The fourth-order valence-corrected chi connectivity index (χ4v) is 4.12. The fraction of sp³-hybridized carbons (Fsp3) is 0.208. The van der Waals surface area contributed by atoms with E-state index in [1.54, 1.807) is 30.5 Å². The summed E-state index contributed by atoms with van der Waals surface area (Å²) in [4.78, 5) is 22.8. The summed E-state index contributed by atoms with van der Waals surface area (Å²) in [5.41, 5.74) is 2.53. The maximum absolute atomic E-state index is 12.7. The van der Waals surface area contributed by atoms with Crippen LogP contribution >= 0.6 is 11.3 Å². The number of amides is 1. The second-order valence-corrected chi connectivity index (χ2v) is 8.50. The molecule has 1 N–H and O–H groups in total. The van der Waals surface area contributed by atoms with Crippen molar-refractivity contribution in [2.45, 2.75) is 26.4 Å². The Labute approximate surface area is 185 Å². The van der Waals surface area contributed by atoms with E-state index in [0.29, 0.717) is 29.0 Å². The van der Waals surface area contributed by atoms with Crippen molar-refractivity contribution in [1.29, 1.82) is 0 Å². The van der Waals surface area contributed by atoms with Gasteiger partial charge in [-0.3, -0.25) is 10.1 Å². The van der Waals surface area contributed by atoms with Crippen molar-refractivity contribution in [2.24, 2.45) is 7.05 Å². The van der Waals surface area contributed by atoms with Gasteiger partial charge in [-0.2, -0.15) is 0 Å². The highest BCUT2D eigenvalue weighted by atomic mass is 32.1. The van der Waals surface area contributed by atoms with Gasteiger partial charge < -0.3 is 9.30 Å². The summed E-state index contributed by atoms with van der Waals surface area (Å²) >= 11 is 1.52. The molecule has 0 aliphatic heterocycles. The predicted octanol–water partition coefficient (Wildman–Crippen LogP) is 5.50. The molecule has 4 aromatic rings. The van der Waals surface area contributed by atoms with Crippen molar-refractivity contribution >= 4 is 22.4 Å². The number of hydrogen-bond acceptors (Lipinski definition) is 5. The van der Waals surface area contributed by atoms with Gasteiger partial charge in [0.2, 0.25) is 0 Å². The number of ether oxygens (including phenoxy) is 1. The summed E-state index contributed by atoms with van der Waals surface area (Å²) in [5.74, 6) is 1.64. The minimum Gasteiger partial charge on any atom is -0.486 e. The van der Waals surface area contributed by atoms with Gasteiger partial charge >= 0.3 is 0 Å². The van der Waals surface area contributed by atoms with Crippen LogP contribution in [-0.4, -0.2) is 20.4 Å². The maximum Gasteiger partial charge on any atom is 0.257 e. The van der Waals surface area contributed by atoms with E-state index in [-0.39, 0.29) is 5.91 Å². The van der Waals surface area contributed by atoms with Gasteiger partial charge in [0.15, 0.2) is 5.13 Å². The number of benzene rings is 2. The third-order valence-corrected chi connectivity index (χ3v) is 6.12. The van der Waals surface area contributed by atoms with Gasteiger partial charge in [0, 0.05) is 35.4 Å². The van der Waals surface area contributed by atoms with Gasteiger partial charge in [-0.05, 0) is 30.2 Å². The van der Waals surface area contributed by atoms with E-state index < -0.39 is 0 Å². The SMILES string of the molecule is CC(C)c1sc(NC(=O)c2ccc(OCc3nccn3C)cc2)nc1-c1ccccc1. The molecule has 7 heteroatoms. The first-order valence-corrected chi connectivity index (χ1v) is 10.9. The van der Waals surface area contributed by atoms with Crippen molar-refractivity contribution in [2.75, 3.05) is 5.32 Å². The first-order chi connectivity index (χ1) is 15.0. The van der Waals surface area contributed by atoms with Crippen LogP contribution < -0.4 is 10.1 Å². The molecule has 0 saturated heterocycles. The van der Waals surface area contributed by atoms with Crippen LogP contribution in [0.15, 0.2) is 67.0 Å². The zero-order chi connectivity index (χ0) is 21.8. The van der Waals surface area contributed by atoms with Gasteiger partial charge in [-0.25, -0.2) is 9.97 Å². The maximum atomic E-state index is 12.7. The van der Waals surface area contributed by atoms with E-state index in [4.69, 9.17) is 9.72 Å². The molecule has 0 fully saturated rings. The summed E-state index contributed by atoms with van der Waals surface area (Å²) in [5, 5.41) is 3.54. The molecule has 0 aliphatic rings. The minimum atomic E-state index is -0.195. The molecule has 0 atom stereocenters. The van der Waals surface area contributed by atoms with Crippen LogP contribution in [0.5, 0.6) is 5.75 Å². The smallest absolute Gasteiger partial charge is 0.257 e. The number of rotatable bonds is 7. The van der Waals surface area contributed by atoms with Crippen molar-refractivity contribution in [1.82, 2.24) is 14.5 Å². The van der Waals surface area contributed by atoms with Crippen molar-refractivity contribution < 1.29 is 9.53 Å². The summed E-state index contributed by atoms with van der Waals surface area (Å²) in [6.07, 6.45) is 3.61. The number of nitrogens with one attached hydrogen (secondary N) is 1. The van der Waals surface area contributed by atoms with Gasteiger partial charge in [0.25, 0.3) is 5.91 Å². The highest BCUT2D eigenvalue weighted by Gasteiger charge is 2.17. The Bertz CT molecular complexity index is 1160. The molecule has 2 aromatic heterocycles. The molecule has 31 heavy (non-hydrogen) atoms. The van der Waals surface area contributed by atoms with Crippen LogP contribution in [0.25, 0.3) is 11.3 Å². The van der Waals surface area contributed by atoms with Crippen molar-refractivity contribution in [3.05, 3.63) is 83.3 Å². The van der Waals surface area contributed by atoms with Crippen LogP contribution in [0, 0.1) is 0 Å². The molecular weight excluding hydrogens is 408 g/mol. The van der Waals surface area contributed by atoms with E-state index in [1.807, 2.05) is 48.1 Å². The Morgan fingerprint density at radius 1 is 1.13 bits per heavy atom. The summed E-state index contributed by atoms with van der Waals surface area (Å²) in [7, 11) is 1.92. The van der Waals surface area contributed by atoms with E-state index in [2.05, 4.69) is 24.1 Å². The lowest BCUT2D eigenvalue weighted by atomic mass is 10.1. The average molecular weight is 433 g/mol. The Balaban J connectivity index is 1.45. The van der Waals surface area contributed by atoms with Gasteiger partial charge in [-0.1, -0.05) is 44.2 Å². The van der Waals surface area contributed by atoms with E-state index in [1.165, 1.54) is 11.3 Å². The molecule has 1 amide bonds. The molecule has 6 nitrogen and oxygen atoms in total. The van der Waals surface area contributed by atoms with Crippen LogP contribution in [0.3, 0.4) is 0 Å². The second-order valence-electron chi connectivity index (χ2n) is 7.47. The fourth-order valence-electron chi connectivity index (χ4n) is 3.13. The zero-order valence-electron chi connectivity index (χ0n) is 17.7. The van der Waals surface area contributed by atoms with Crippen LogP contribution in [0.2, 0.25) is 0 Å². The molecule has 158 valence electrons. The van der Waals surface area contributed by atoms with Gasteiger partial charge in [-0.15, -0.1) is 11.3 Å². The molecule has 0 unspecified atom stereocenters. The lowest BCUT2D eigenvalue weighted by Gasteiger charge is -2.07. The van der Waals surface area contributed by atoms with Gasteiger partial charge in [0.05, 0.1) is 5.69 Å². The highest BCUT2D eigenvalue weighted by Crippen LogP contribution is 2.36. The Morgan fingerprint density at radius 3 is 2.52 bits per heavy atom. The van der Waals surface area contributed by atoms with E-state index in [9.17, 15) is 4.79 Å². The third kappa shape index (κ3) is 4.83. The van der Waals surface area contributed by atoms with Crippen molar-refractivity contribution in [3.8, 4) is 17.0 Å². The number of imidazole rings is 1. The Kier molecular flexibility index (Phi) is 6.13. The molecule has 4 rings (SSSR count). The average Bonchev–Trinajstić information content (AvgIpc) is 3.39. The molecule has 0 saturated carbocycles. The number of carbonyl (C=O) groups excluding carboxylic acids is 1. The molecule has 0 spiro atoms. The number of carbonyl (C=O) groups is 1. The van der Waals surface area contributed by atoms with E-state index >= 15 is 0 Å². The van der Waals surface area contributed by atoms with Crippen LogP contribution in [0.1, 0.15) is 40.8 Å². The Hall–Kier alpha value is -3.45. The largest absolute Gasteiger partial charge is 0.486 e. The molecule has 2 aromatic carbocycles. The Morgan fingerprint density at radius 2 is 1.87 bits per heavy atom. The summed E-state index contributed by atoms with van der Waals surface area (Å²) in [6.45, 7) is 4.64. The molecule has 2 heterocycles. The van der Waals surface area contributed by atoms with Gasteiger partial charge in [0.1, 0.15) is 18.2 Å². The molecule has 0 radical (unpaired) electrons. The number of nitrogens with zero attached hydrogens (tertiary/aromatic N) is 3. The number of hydrogen-bond donors (Lipinski definition) is 1. The van der Waals surface area contributed by atoms with Crippen molar-refractivity contribution in [3.63, 3.8) is 0 Å². The lowest BCUT2D eigenvalue weighted by molar-refractivity contribution is 0.102. The lowest BCUT2D eigenvalue weighted by Crippen LogP contribution is -2.11. The topological polar surface area (TPSA) is 69.0 Å². The monoisotopic (exact) mass is 432 g/mol. The highest BCUT2D eigenvalue weighted by molar-refractivity contribution is 7.16. The number of aryl methyl sites for hydroxylation is 1. The first-order valence-electron chi connectivity index (χ1n) is 10.1. The summed E-state index contributed by atoms with van der Waals surface area (Å²) < 4.78 is 7.66. The normalized spacial score (nSPS) is 11.0. The standard InChI is InChI=1S/C24H24N4O2S/c1-16(2)22-21(17-7-5-4-6-8-17)26-24(31-22)27-23(29)18-9-11-19(12-10-18)30-15-20-25-13-14-28(20)3/h4-14,16H,15H2,1-3H3,(H,26,27,29). The quantitative estimate of drug-likeness (QED) is 0.419.